The van der Waals surface area contributed by atoms with Gasteiger partial charge in [-0.25, -0.2) is 0 Å². The molecule has 3 N–H and O–H groups in total. The van der Waals surface area contributed by atoms with E-state index in [1.54, 1.807) is 32.3 Å². The number of anilines is 1. The number of rotatable bonds is 5. The molecule has 6 nitrogen and oxygen atoms in total. The van der Waals surface area contributed by atoms with Crippen LogP contribution in [0, 0.1) is 0 Å². The number of para-hydroxylation sites is 1. The Hall–Kier alpha value is -2.50. The number of aromatic hydroxyl groups is 1. The number of nitrogens with zero attached hydrogens (tertiary/aromatic N) is 1. The number of allylic oxidation sites excluding steroid dienone is 2. The minimum atomic E-state index is -0.283. The Balaban J connectivity index is 1.81. The highest BCUT2D eigenvalue weighted by atomic mass is 16.3. The van der Waals surface area contributed by atoms with Crippen LogP contribution < -0.4 is 10.6 Å². The molecule has 0 aromatic heterocycles. The van der Waals surface area contributed by atoms with Crippen molar-refractivity contribution < 1.29 is 14.7 Å². The number of nitrogens with one attached hydrogen (secondary N) is 2. The minimum Gasteiger partial charge on any atom is -0.505 e. The molecule has 1 amide bonds. The molecule has 1 saturated carbocycles. The van der Waals surface area contributed by atoms with E-state index >= 15 is 0 Å². The molecule has 0 bridgehead atoms. The first-order chi connectivity index (χ1) is 11.5. The molecule has 0 spiro atoms. The molecule has 0 aliphatic heterocycles. The van der Waals surface area contributed by atoms with Gasteiger partial charge in [-0.1, -0.05) is 18.9 Å². The minimum absolute atomic E-state index is 0.0132. The van der Waals surface area contributed by atoms with Gasteiger partial charge in [0.2, 0.25) is 0 Å². The highest BCUT2D eigenvalue weighted by molar-refractivity contribution is 6.07. The van der Waals surface area contributed by atoms with Gasteiger partial charge < -0.3 is 20.6 Å². The molecule has 2 aliphatic carbocycles. The van der Waals surface area contributed by atoms with Crippen LogP contribution in [0.1, 0.15) is 42.5 Å². The lowest BCUT2D eigenvalue weighted by molar-refractivity contribution is -0.116. The molecular formula is C18H23N3O3. The Labute approximate surface area is 141 Å². The summed E-state index contributed by atoms with van der Waals surface area (Å²) < 4.78 is 0. The van der Waals surface area contributed by atoms with E-state index in [4.69, 9.17) is 0 Å². The Morgan fingerprint density at radius 1 is 1.25 bits per heavy atom. The summed E-state index contributed by atoms with van der Waals surface area (Å²) in [7, 11) is 3.26. The van der Waals surface area contributed by atoms with E-state index in [1.165, 1.54) is 17.7 Å². The number of hydrogen-bond donors (Lipinski definition) is 3. The number of hydrogen-bond acceptors (Lipinski definition) is 5. The average Bonchev–Trinajstić information content (AvgIpc) is 3.06. The smallest absolute Gasteiger partial charge is 0.257 e. The van der Waals surface area contributed by atoms with Gasteiger partial charge in [-0.2, -0.15) is 0 Å². The van der Waals surface area contributed by atoms with Gasteiger partial charge in [-0.3, -0.25) is 9.59 Å². The Kier molecular flexibility index (Phi) is 4.46. The van der Waals surface area contributed by atoms with Crippen LogP contribution >= 0.6 is 0 Å². The maximum Gasteiger partial charge on any atom is 0.257 e. The van der Waals surface area contributed by atoms with E-state index in [-0.39, 0.29) is 23.0 Å². The number of benzene rings is 1. The van der Waals surface area contributed by atoms with Gasteiger partial charge in [-0.15, -0.1) is 0 Å². The molecule has 0 saturated heterocycles. The van der Waals surface area contributed by atoms with Crippen molar-refractivity contribution in [3.8, 4) is 5.75 Å². The highest BCUT2D eigenvalue weighted by Crippen LogP contribution is 2.33. The van der Waals surface area contributed by atoms with E-state index < -0.39 is 0 Å². The predicted molar refractivity (Wildman–Crippen MR) is 91.8 cm³/mol. The molecule has 0 heterocycles. The van der Waals surface area contributed by atoms with Crippen molar-refractivity contribution in [3.63, 3.8) is 0 Å². The lowest BCUT2D eigenvalue weighted by atomic mass is 9.97. The SMILES string of the molecule is CN(C)C(=O)c1cccc(NC2=C(NC3CCCC3)CC2=O)c1O. The molecular weight excluding hydrogens is 306 g/mol. The van der Waals surface area contributed by atoms with Crippen molar-refractivity contribution in [1.29, 1.82) is 0 Å². The normalized spacial score (nSPS) is 17.7. The fourth-order valence-corrected chi connectivity index (χ4v) is 3.18. The van der Waals surface area contributed by atoms with Gasteiger partial charge in [0.1, 0.15) is 5.70 Å². The van der Waals surface area contributed by atoms with Crippen molar-refractivity contribution in [2.75, 3.05) is 19.4 Å². The number of carbonyl (C=O) groups excluding carboxylic acids is 2. The zero-order chi connectivity index (χ0) is 17.3. The largest absolute Gasteiger partial charge is 0.505 e. The first-order valence-corrected chi connectivity index (χ1v) is 8.31. The summed E-state index contributed by atoms with van der Waals surface area (Å²) in [5, 5.41) is 16.8. The van der Waals surface area contributed by atoms with Crippen LogP contribution in [0.3, 0.4) is 0 Å². The van der Waals surface area contributed by atoms with Gasteiger partial charge in [0.25, 0.3) is 5.91 Å². The van der Waals surface area contributed by atoms with Crippen molar-refractivity contribution in [2.24, 2.45) is 0 Å². The summed E-state index contributed by atoms with van der Waals surface area (Å²) in [5.41, 5.74) is 1.97. The van der Waals surface area contributed by atoms with Gasteiger partial charge in [0.15, 0.2) is 11.5 Å². The van der Waals surface area contributed by atoms with Crippen LogP contribution in [0.15, 0.2) is 29.6 Å². The van der Waals surface area contributed by atoms with E-state index in [1.807, 2.05) is 0 Å². The second kappa shape index (κ2) is 6.55. The Morgan fingerprint density at radius 2 is 1.96 bits per heavy atom. The van der Waals surface area contributed by atoms with Crippen LogP contribution in [0.2, 0.25) is 0 Å². The van der Waals surface area contributed by atoms with Crippen molar-refractivity contribution in [1.82, 2.24) is 10.2 Å². The molecule has 24 heavy (non-hydrogen) atoms. The standard InChI is InChI=1S/C18H23N3O3/c1-21(2)18(24)12-8-5-9-13(17(12)23)20-16-14(10-15(16)22)19-11-6-3-4-7-11/h5,8-9,11,19-20,23H,3-4,6-7,10H2,1-2H3. The maximum atomic E-state index is 12.1. The Morgan fingerprint density at radius 3 is 2.58 bits per heavy atom. The number of phenols is 1. The third-order valence-electron chi connectivity index (χ3n) is 4.58. The first-order valence-electron chi connectivity index (χ1n) is 8.31. The molecule has 1 aromatic carbocycles. The van der Waals surface area contributed by atoms with Crippen molar-refractivity contribution in [2.45, 2.75) is 38.1 Å². The second-order valence-electron chi connectivity index (χ2n) is 6.61. The monoisotopic (exact) mass is 329 g/mol. The van der Waals surface area contributed by atoms with Crippen molar-refractivity contribution in [3.05, 3.63) is 35.2 Å². The van der Waals surface area contributed by atoms with E-state index in [9.17, 15) is 14.7 Å². The van der Waals surface area contributed by atoms with Gasteiger partial charge in [0, 0.05) is 25.8 Å². The van der Waals surface area contributed by atoms with Gasteiger partial charge in [-0.05, 0) is 25.0 Å². The zero-order valence-corrected chi connectivity index (χ0v) is 14.1. The van der Waals surface area contributed by atoms with Gasteiger partial charge in [0.05, 0.1) is 17.7 Å². The van der Waals surface area contributed by atoms with Crippen LogP contribution in [0.25, 0.3) is 0 Å². The van der Waals surface area contributed by atoms with Crippen LogP contribution in [-0.4, -0.2) is 41.8 Å². The summed E-state index contributed by atoms with van der Waals surface area (Å²) >= 11 is 0. The molecule has 6 heteroatoms. The number of amides is 1. The van der Waals surface area contributed by atoms with E-state index in [0.717, 1.165) is 18.5 Å². The lowest BCUT2D eigenvalue weighted by Gasteiger charge is -2.28. The summed E-state index contributed by atoms with van der Waals surface area (Å²) in [4.78, 5) is 25.4. The number of Topliss-reactive ketones (excluding diaryl/α,β-unsaturated/α-hetero) is 1. The second-order valence-corrected chi connectivity index (χ2v) is 6.61. The summed E-state index contributed by atoms with van der Waals surface area (Å²) in [6.07, 6.45) is 5.09. The van der Waals surface area contributed by atoms with Crippen LogP contribution in [0.5, 0.6) is 5.75 Å². The van der Waals surface area contributed by atoms with Crippen LogP contribution in [0.4, 0.5) is 5.69 Å². The van der Waals surface area contributed by atoms with Crippen molar-refractivity contribution >= 4 is 17.4 Å². The molecule has 0 radical (unpaired) electrons. The fraction of sp³-hybridized carbons (Fsp3) is 0.444. The number of phenolic OH excluding ortho intramolecular Hbond substituents is 1. The molecule has 1 fully saturated rings. The fourth-order valence-electron chi connectivity index (χ4n) is 3.18. The topological polar surface area (TPSA) is 81.7 Å². The molecule has 2 aliphatic rings. The third-order valence-corrected chi connectivity index (χ3v) is 4.58. The van der Waals surface area contributed by atoms with E-state index in [0.29, 0.717) is 23.8 Å². The molecule has 1 aromatic rings. The molecule has 0 atom stereocenters. The third kappa shape index (κ3) is 3.09. The summed E-state index contributed by atoms with van der Waals surface area (Å²) in [5.74, 6) is -0.405. The highest BCUT2D eigenvalue weighted by Gasteiger charge is 2.30. The molecule has 3 rings (SSSR count). The Bertz CT molecular complexity index is 703. The average molecular weight is 329 g/mol. The summed E-state index contributed by atoms with van der Waals surface area (Å²) in [6, 6.07) is 5.35. The molecule has 0 unspecified atom stereocenters. The number of ketones is 1. The quantitative estimate of drug-likeness (QED) is 0.722. The van der Waals surface area contributed by atoms with E-state index in [2.05, 4.69) is 10.6 Å². The molecule has 128 valence electrons. The summed E-state index contributed by atoms with van der Waals surface area (Å²) in [6.45, 7) is 0. The zero-order valence-electron chi connectivity index (χ0n) is 14.1. The van der Waals surface area contributed by atoms with Crippen LogP contribution in [-0.2, 0) is 4.79 Å². The maximum absolute atomic E-state index is 12.1. The predicted octanol–water partition coefficient (Wildman–Crippen LogP) is 2.22. The first kappa shape index (κ1) is 16.4. The van der Waals surface area contributed by atoms with Gasteiger partial charge >= 0.3 is 0 Å². The number of carbonyl (C=O) groups is 2. The lowest BCUT2D eigenvalue weighted by Crippen LogP contribution is -2.37.